The predicted octanol–water partition coefficient (Wildman–Crippen LogP) is 3.12. The van der Waals surface area contributed by atoms with E-state index in [1.165, 1.54) is 17.4 Å². The van der Waals surface area contributed by atoms with Crippen molar-refractivity contribution in [2.75, 3.05) is 5.32 Å². The second-order valence-electron chi connectivity index (χ2n) is 5.01. The van der Waals surface area contributed by atoms with Crippen molar-refractivity contribution < 1.29 is 14.7 Å². The fourth-order valence-corrected chi connectivity index (χ4v) is 3.37. The molecule has 0 bridgehead atoms. The van der Waals surface area contributed by atoms with Crippen LogP contribution in [0.15, 0.2) is 30.3 Å². The minimum absolute atomic E-state index is 0.265. The third kappa shape index (κ3) is 2.37. The van der Waals surface area contributed by atoms with Gasteiger partial charge in [-0.1, -0.05) is 11.6 Å². The Bertz CT molecular complexity index is 755. The molecule has 21 heavy (non-hydrogen) atoms. The normalized spacial score (nSPS) is 20.2. The Morgan fingerprint density at radius 3 is 2.81 bits per heavy atom. The van der Waals surface area contributed by atoms with E-state index in [0.29, 0.717) is 21.2 Å². The summed E-state index contributed by atoms with van der Waals surface area (Å²) in [7, 11) is 0. The summed E-state index contributed by atoms with van der Waals surface area (Å²) in [4.78, 5) is 25.9. The smallest absolute Gasteiger partial charge is 0.261 e. The summed E-state index contributed by atoms with van der Waals surface area (Å²) in [5.74, 6) is -0.861. The Labute approximate surface area is 130 Å². The minimum atomic E-state index is -1.87. The number of ketones is 1. The van der Waals surface area contributed by atoms with E-state index in [9.17, 15) is 14.7 Å². The van der Waals surface area contributed by atoms with E-state index < -0.39 is 11.5 Å². The molecule has 1 atom stereocenters. The first kappa shape index (κ1) is 14.3. The lowest BCUT2D eigenvalue weighted by Gasteiger charge is -2.19. The number of thiophene rings is 1. The van der Waals surface area contributed by atoms with Gasteiger partial charge in [-0.25, -0.2) is 0 Å². The molecule has 1 aromatic heterocycles. The van der Waals surface area contributed by atoms with Crippen LogP contribution in [0.1, 0.15) is 26.5 Å². The van der Waals surface area contributed by atoms with Gasteiger partial charge in [0.15, 0.2) is 11.4 Å². The monoisotopic (exact) mass is 321 g/mol. The van der Waals surface area contributed by atoms with Crippen LogP contribution in [0.25, 0.3) is 0 Å². The van der Waals surface area contributed by atoms with Crippen molar-refractivity contribution in [1.29, 1.82) is 0 Å². The summed E-state index contributed by atoms with van der Waals surface area (Å²) >= 11 is 7.27. The molecule has 2 aromatic rings. The number of hydrogen-bond acceptors (Lipinski definition) is 4. The Hall–Kier alpha value is -1.69. The molecule has 0 radical (unpaired) electrons. The van der Waals surface area contributed by atoms with Crippen molar-refractivity contribution in [3.63, 3.8) is 0 Å². The van der Waals surface area contributed by atoms with Crippen LogP contribution in [-0.4, -0.2) is 16.8 Å². The molecule has 0 aliphatic carbocycles. The third-order valence-corrected chi connectivity index (χ3v) is 4.76. The van der Waals surface area contributed by atoms with Gasteiger partial charge in [0.1, 0.15) is 0 Å². The molecule has 108 valence electrons. The van der Waals surface area contributed by atoms with Crippen LogP contribution >= 0.6 is 22.9 Å². The average molecular weight is 322 g/mol. The summed E-state index contributed by atoms with van der Waals surface area (Å²) in [6.07, 6.45) is -0.299. The maximum atomic E-state index is 12.3. The van der Waals surface area contributed by atoms with Crippen molar-refractivity contribution in [2.24, 2.45) is 0 Å². The van der Waals surface area contributed by atoms with Crippen LogP contribution < -0.4 is 5.32 Å². The van der Waals surface area contributed by atoms with E-state index in [-0.39, 0.29) is 12.2 Å². The van der Waals surface area contributed by atoms with E-state index in [1.54, 1.807) is 18.2 Å². The van der Waals surface area contributed by atoms with Crippen LogP contribution in [0.4, 0.5) is 5.69 Å². The highest BCUT2D eigenvalue weighted by Gasteiger charge is 2.47. The Morgan fingerprint density at radius 1 is 1.38 bits per heavy atom. The highest BCUT2D eigenvalue weighted by atomic mass is 35.5. The fraction of sp³-hybridized carbons (Fsp3) is 0.200. The molecular weight excluding hydrogens is 310 g/mol. The number of aryl methyl sites for hydroxylation is 1. The molecule has 0 saturated carbocycles. The Balaban J connectivity index is 1.96. The van der Waals surface area contributed by atoms with Gasteiger partial charge < -0.3 is 10.4 Å². The first-order valence-corrected chi connectivity index (χ1v) is 7.53. The van der Waals surface area contributed by atoms with Gasteiger partial charge in [0.2, 0.25) is 0 Å². The van der Waals surface area contributed by atoms with Crippen molar-refractivity contribution >= 4 is 40.3 Å². The fourth-order valence-electron chi connectivity index (χ4n) is 2.40. The average Bonchev–Trinajstić information content (AvgIpc) is 2.95. The van der Waals surface area contributed by atoms with E-state index in [0.717, 1.165) is 4.88 Å². The third-order valence-electron chi connectivity index (χ3n) is 3.48. The molecular formula is C15H12ClNO3S. The Kier molecular flexibility index (Phi) is 3.36. The number of carbonyl (C=O) groups is 2. The molecule has 1 unspecified atom stereocenters. The van der Waals surface area contributed by atoms with Gasteiger partial charge in [0.05, 0.1) is 11.3 Å². The largest absolute Gasteiger partial charge is 0.375 e. The number of hydrogen-bond donors (Lipinski definition) is 2. The minimum Gasteiger partial charge on any atom is -0.375 e. The van der Waals surface area contributed by atoms with E-state index in [2.05, 4.69) is 5.32 Å². The molecule has 4 nitrogen and oxygen atoms in total. The van der Waals surface area contributed by atoms with Crippen LogP contribution in [0.2, 0.25) is 5.02 Å². The van der Waals surface area contributed by atoms with Gasteiger partial charge in [-0.05, 0) is 37.3 Å². The first-order valence-electron chi connectivity index (χ1n) is 6.33. The molecule has 6 heteroatoms. The van der Waals surface area contributed by atoms with Gasteiger partial charge >= 0.3 is 0 Å². The van der Waals surface area contributed by atoms with Crippen LogP contribution in [0, 0.1) is 6.92 Å². The number of halogens is 1. The lowest BCUT2D eigenvalue weighted by atomic mass is 9.89. The number of aliphatic hydroxyl groups is 1. The number of nitrogens with one attached hydrogen (secondary N) is 1. The number of fused-ring (bicyclic) bond motifs is 1. The zero-order chi connectivity index (χ0) is 15.2. The number of anilines is 1. The van der Waals surface area contributed by atoms with Gasteiger partial charge in [-0.15, -0.1) is 11.3 Å². The Morgan fingerprint density at radius 2 is 2.14 bits per heavy atom. The van der Waals surface area contributed by atoms with Crippen molar-refractivity contribution in [3.8, 4) is 0 Å². The van der Waals surface area contributed by atoms with Crippen molar-refractivity contribution in [2.45, 2.75) is 18.9 Å². The molecule has 0 spiro atoms. The molecule has 3 rings (SSSR count). The lowest BCUT2D eigenvalue weighted by molar-refractivity contribution is -0.133. The molecule has 1 aromatic carbocycles. The molecule has 1 aliphatic heterocycles. The van der Waals surface area contributed by atoms with Crippen molar-refractivity contribution in [1.82, 2.24) is 0 Å². The number of Topliss-reactive ketones (excluding diaryl/α,β-unsaturated/α-hetero) is 1. The van der Waals surface area contributed by atoms with Crippen LogP contribution in [0.5, 0.6) is 0 Å². The zero-order valence-electron chi connectivity index (χ0n) is 11.1. The van der Waals surface area contributed by atoms with E-state index in [1.807, 2.05) is 13.0 Å². The SMILES string of the molecule is Cc1ccc(C(=O)CC2(O)C(=O)Nc3ccc(Cl)cc32)s1. The molecule has 0 fully saturated rings. The summed E-state index contributed by atoms with van der Waals surface area (Å²) in [5.41, 5.74) is -1.03. The maximum Gasteiger partial charge on any atom is 0.261 e. The maximum absolute atomic E-state index is 12.3. The number of carbonyl (C=O) groups excluding carboxylic acids is 2. The molecule has 1 amide bonds. The first-order chi connectivity index (χ1) is 9.90. The highest BCUT2D eigenvalue weighted by Crippen LogP contribution is 2.40. The van der Waals surface area contributed by atoms with Crippen LogP contribution in [0.3, 0.4) is 0 Å². The van der Waals surface area contributed by atoms with Crippen LogP contribution in [-0.2, 0) is 10.4 Å². The zero-order valence-corrected chi connectivity index (χ0v) is 12.7. The van der Waals surface area contributed by atoms with E-state index >= 15 is 0 Å². The lowest BCUT2D eigenvalue weighted by Crippen LogP contribution is -2.36. The molecule has 1 aliphatic rings. The number of benzene rings is 1. The molecule has 0 saturated heterocycles. The summed E-state index contributed by atoms with van der Waals surface area (Å²) in [6, 6.07) is 8.30. The van der Waals surface area contributed by atoms with Gasteiger partial charge in [-0.3, -0.25) is 9.59 Å². The second-order valence-corrected chi connectivity index (χ2v) is 6.74. The second kappa shape index (κ2) is 4.94. The van der Waals surface area contributed by atoms with Gasteiger partial charge in [0, 0.05) is 21.2 Å². The predicted molar refractivity (Wildman–Crippen MR) is 82.0 cm³/mol. The van der Waals surface area contributed by atoms with Gasteiger partial charge in [-0.2, -0.15) is 0 Å². The van der Waals surface area contributed by atoms with Crippen molar-refractivity contribution in [3.05, 3.63) is 50.7 Å². The summed E-state index contributed by atoms with van der Waals surface area (Å²) in [6.45, 7) is 1.90. The van der Waals surface area contributed by atoms with Gasteiger partial charge in [0.25, 0.3) is 5.91 Å². The molecule has 2 N–H and O–H groups in total. The quantitative estimate of drug-likeness (QED) is 0.854. The van der Waals surface area contributed by atoms with E-state index in [4.69, 9.17) is 11.6 Å². The summed E-state index contributed by atoms with van der Waals surface area (Å²) < 4.78 is 0. The standard InChI is InChI=1S/C15H12ClNO3S/c1-8-2-5-13(21-8)12(18)7-15(20)10-6-9(16)3-4-11(10)17-14(15)19/h2-6,20H,7H2,1H3,(H,17,19). The topological polar surface area (TPSA) is 66.4 Å². The highest BCUT2D eigenvalue weighted by molar-refractivity contribution is 7.14. The number of rotatable bonds is 3. The number of amides is 1. The molecule has 2 heterocycles. The summed E-state index contributed by atoms with van der Waals surface area (Å²) in [5, 5.41) is 13.7.